The Morgan fingerprint density at radius 1 is 0.651 bits per heavy atom. The van der Waals surface area contributed by atoms with Crippen molar-refractivity contribution in [3.63, 3.8) is 0 Å². The van der Waals surface area contributed by atoms with Gasteiger partial charge in [0.25, 0.3) is 0 Å². The molecule has 2 nitrogen and oxygen atoms in total. The molecule has 2 aromatic heterocycles. The number of rotatable bonds is 2. The van der Waals surface area contributed by atoms with Crippen molar-refractivity contribution >= 4 is 11.8 Å². The molecule has 0 atom stereocenters. The summed E-state index contributed by atoms with van der Waals surface area (Å²) in [5, 5.41) is 0. The normalized spacial score (nSPS) is 11.4. The first-order valence-corrected chi connectivity index (χ1v) is 15.0. The number of benzene rings is 4. The van der Waals surface area contributed by atoms with Crippen molar-refractivity contribution in [2.45, 2.75) is 42.9 Å². The van der Waals surface area contributed by atoms with Gasteiger partial charge in [0.05, 0.1) is 0 Å². The third-order valence-electron chi connectivity index (χ3n) is 7.41. The summed E-state index contributed by atoms with van der Waals surface area (Å²) in [6.07, 6.45) is 3.73. The monoisotopic (exact) mass is 753 g/mol. The van der Waals surface area contributed by atoms with E-state index in [1.807, 2.05) is 60.6 Å². The van der Waals surface area contributed by atoms with Crippen LogP contribution in [0.3, 0.4) is 0 Å². The minimum absolute atomic E-state index is 0. The summed E-state index contributed by atoms with van der Waals surface area (Å²) in [6.45, 7) is 8.77. The SMILES string of the molecule is CC(C)(C)c1ccnc(-c2[c-]ccc3c2Sc2ccccc2-c2ccccc2-3)c1.Cc1cccnc1-c1[c-]cccc1.[Ir]. The Hall–Kier alpha value is -3.82. The van der Waals surface area contributed by atoms with Gasteiger partial charge in [0.1, 0.15) is 0 Å². The zero-order chi connectivity index (χ0) is 29.1. The largest absolute Gasteiger partial charge is 0.305 e. The van der Waals surface area contributed by atoms with Gasteiger partial charge in [0.15, 0.2) is 0 Å². The second-order valence-electron chi connectivity index (χ2n) is 11.4. The molecule has 0 saturated carbocycles. The third kappa shape index (κ3) is 6.58. The van der Waals surface area contributed by atoms with Crippen molar-refractivity contribution < 1.29 is 20.1 Å². The topological polar surface area (TPSA) is 25.8 Å². The number of aryl methyl sites for hydroxylation is 1. The van der Waals surface area contributed by atoms with Crippen LogP contribution in [-0.2, 0) is 25.5 Å². The van der Waals surface area contributed by atoms with Crippen LogP contribution in [0, 0.1) is 19.1 Å². The molecular formula is C39H32IrN2S-2. The number of hydrogen-bond acceptors (Lipinski definition) is 3. The van der Waals surface area contributed by atoms with Gasteiger partial charge in [-0.2, -0.15) is 0 Å². The smallest absolute Gasteiger partial charge is 0.0163 e. The fourth-order valence-corrected chi connectivity index (χ4v) is 6.38. The van der Waals surface area contributed by atoms with Crippen molar-refractivity contribution in [1.82, 2.24) is 9.97 Å². The van der Waals surface area contributed by atoms with Gasteiger partial charge in [-0.25, -0.2) is 0 Å². The maximum atomic E-state index is 4.73. The fraction of sp³-hybridized carbons (Fsp3) is 0.128. The molecule has 0 fully saturated rings. The van der Waals surface area contributed by atoms with E-state index in [1.165, 1.54) is 43.2 Å². The van der Waals surface area contributed by atoms with Crippen LogP contribution in [0.4, 0.5) is 0 Å². The summed E-state index contributed by atoms with van der Waals surface area (Å²) >= 11 is 1.82. The summed E-state index contributed by atoms with van der Waals surface area (Å²) in [7, 11) is 0. The standard InChI is InChI=1S/C27H22NS.C12H10N.Ir/c1-27(2,3)18-15-16-28-24(17-18)23-13-8-12-22-20-10-5-4-9-19(20)21-11-6-7-14-25(21)29-26(22)23;1-10-6-5-9-13-12(10)11-7-3-2-4-8-11;/h4-12,14-17H,1-3H3;2-7,9H,1H3;/q2*-1;. The van der Waals surface area contributed by atoms with Crippen molar-refractivity contribution in [2.75, 3.05) is 0 Å². The van der Waals surface area contributed by atoms with Crippen molar-refractivity contribution in [2.24, 2.45) is 0 Å². The molecule has 1 aliphatic rings. The molecule has 43 heavy (non-hydrogen) atoms. The third-order valence-corrected chi connectivity index (χ3v) is 8.62. The molecule has 1 radical (unpaired) electrons. The van der Waals surface area contributed by atoms with Gasteiger partial charge < -0.3 is 9.97 Å². The Morgan fingerprint density at radius 2 is 1.37 bits per heavy atom. The molecule has 0 saturated heterocycles. The Bertz CT molecular complexity index is 1860. The number of nitrogens with zero attached hydrogens (tertiary/aromatic N) is 2. The van der Waals surface area contributed by atoms with E-state index in [2.05, 4.69) is 118 Å². The molecule has 0 amide bonds. The van der Waals surface area contributed by atoms with Crippen LogP contribution in [0.2, 0.25) is 0 Å². The molecule has 3 heterocycles. The van der Waals surface area contributed by atoms with E-state index < -0.39 is 0 Å². The predicted molar refractivity (Wildman–Crippen MR) is 175 cm³/mol. The molecule has 0 spiro atoms. The first kappa shape index (κ1) is 30.6. The molecule has 4 aromatic carbocycles. The van der Waals surface area contributed by atoms with Crippen molar-refractivity contribution in [3.05, 3.63) is 145 Å². The van der Waals surface area contributed by atoms with E-state index in [-0.39, 0.29) is 25.5 Å². The zero-order valence-corrected chi connectivity index (χ0v) is 27.9. The van der Waals surface area contributed by atoms with E-state index in [0.29, 0.717) is 0 Å². The quantitative estimate of drug-likeness (QED) is 0.165. The Morgan fingerprint density at radius 3 is 2.09 bits per heavy atom. The van der Waals surface area contributed by atoms with Crippen LogP contribution in [0.1, 0.15) is 31.9 Å². The number of fused-ring (bicyclic) bond motifs is 5. The minimum Gasteiger partial charge on any atom is -0.305 e. The maximum absolute atomic E-state index is 4.73. The first-order chi connectivity index (χ1) is 20.4. The summed E-state index contributed by atoms with van der Waals surface area (Å²) in [4.78, 5) is 11.5. The van der Waals surface area contributed by atoms with Crippen LogP contribution in [0.5, 0.6) is 0 Å². The van der Waals surface area contributed by atoms with Gasteiger partial charge in [-0.05, 0) is 64.2 Å². The Kier molecular flexibility index (Phi) is 9.42. The van der Waals surface area contributed by atoms with E-state index in [1.54, 1.807) is 0 Å². The Labute approximate surface area is 273 Å². The van der Waals surface area contributed by atoms with Crippen LogP contribution in [-0.4, -0.2) is 9.97 Å². The van der Waals surface area contributed by atoms with Gasteiger partial charge >= 0.3 is 0 Å². The average molecular weight is 753 g/mol. The van der Waals surface area contributed by atoms with E-state index >= 15 is 0 Å². The molecule has 0 N–H and O–H groups in total. The summed E-state index contributed by atoms with van der Waals surface area (Å²) in [5.41, 5.74) is 11.8. The van der Waals surface area contributed by atoms with E-state index in [9.17, 15) is 0 Å². The summed E-state index contributed by atoms with van der Waals surface area (Å²) < 4.78 is 0. The van der Waals surface area contributed by atoms with Crippen LogP contribution >= 0.6 is 11.8 Å². The van der Waals surface area contributed by atoms with Gasteiger partial charge in [0, 0.05) is 37.4 Å². The fourth-order valence-electron chi connectivity index (χ4n) is 5.18. The average Bonchev–Trinajstić information content (AvgIpc) is 3.16. The minimum atomic E-state index is 0. The summed E-state index contributed by atoms with van der Waals surface area (Å²) in [5.74, 6) is 0. The number of pyridine rings is 2. The second-order valence-corrected chi connectivity index (χ2v) is 12.4. The summed E-state index contributed by atoms with van der Waals surface area (Å²) in [6, 6.07) is 44.5. The van der Waals surface area contributed by atoms with Gasteiger partial charge in [-0.15, -0.1) is 71.4 Å². The first-order valence-electron chi connectivity index (χ1n) is 14.2. The maximum Gasteiger partial charge on any atom is 0.0163 e. The Balaban J connectivity index is 0.000000221. The molecule has 4 heteroatoms. The van der Waals surface area contributed by atoms with Crippen molar-refractivity contribution in [3.8, 4) is 44.8 Å². The number of aromatic nitrogens is 2. The molecule has 0 bridgehead atoms. The predicted octanol–water partition coefficient (Wildman–Crippen LogP) is 10.5. The zero-order valence-electron chi connectivity index (χ0n) is 24.7. The number of hydrogen-bond donors (Lipinski definition) is 0. The van der Waals surface area contributed by atoms with E-state index in [4.69, 9.17) is 4.98 Å². The molecular weight excluding hydrogens is 721 g/mol. The van der Waals surface area contributed by atoms with Crippen LogP contribution < -0.4 is 0 Å². The second kappa shape index (κ2) is 13.2. The van der Waals surface area contributed by atoms with Crippen LogP contribution in [0.25, 0.3) is 44.8 Å². The molecule has 215 valence electrons. The molecule has 6 aromatic rings. The van der Waals surface area contributed by atoms with Gasteiger partial charge in [-0.3, -0.25) is 0 Å². The van der Waals surface area contributed by atoms with Crippen molar-refractivity contribution in [1.29, 1.82) is 0 Å². The molecule has 0 aliphatic carbocycles. The van der Waals surface area contributed by atoms with E-state index in [0.717, 1.165) is 22.5 Å². The van der Waals surface area contributed by atoms with Crippen LogP contribution in [0.15, 0.2) is 131 Å². The molecule has 1 aliphatic heterocycles. The van der Waals surface area contributed by atoms with Gasteiger partial charge in [0.2, 0.25) is 0 Å². The molecule has 7 rings (SSSR count). The molecule has 0 unspecified atom stereocenters. The van der Waals surface area contributed by atoms with Gasteiger partial charge in [-0.1, -0.05) is 91.4 Å².